The predicted molar refractivity (Wildman–Crippen MR) is 124 cm³/mol. The Morgan fingerprint density at radius 1 is 1.09 bits per heavy atom. The van der Waals surface area contributed by atoms with Gasteiger partial charge in [-0.25, -0.2) is 0 Å². The molecule has 8 nitrogen and oxygen atoms in total. The molecule has 3 rings (SSSR count). The Morgan fingerprint density at radius 3 is 2.39 bits per heavy atom. The maximum Gasteiger partial charge on any atom is 0.269 e. The molecule has 0 spiro atoms. The van der Waals surface area contributed by atoms with Crippen molar-refractivity contribution in [1.82, 2.24) is 0 Å². The van der Waals surface area contributed by atoms with E-state index in [0.29, 0.717) is 22.7 Å². The zero-order valence-electron chi connectivity index (χ0n) is 18.1. The number of hydrogen-bond donors (Lipinski definition) is 1. The summed E-state index contributed by atoms with van der Waals surface area (Å²) in [6.07, 6.45) is 1.46. The number of nitriles is 1. The summed E-state index contributed by atoms with van der Waals surface area (Å²) < 4.78 is 11.2. The summed E-state index contributed by atoms with van der Waals surface area (Å²) in [4.78, 5) is 22.8. The van der Waals surface area contributed by atoms with Crippen LogP contribution in [0.25, 0.3) is 6.08 Å². The van der Waals surface area contributed by atoms with Crippen LogP contribution in [-0.4, -0.2) is 17.9 Å². The molecule has 0 atom stereocenters. The van der Waals surface area contributed by atoms with Gasteiger partial charge in [-0.15, -0.1) is 0 Å². The maximum atomic E-state index is 12.5. The van der Waals surface area contributed by atoms with Crippen molar-refractivity contribution < 1.29 is 19.2 Å². The van der Waals surface area contributed by atoms with E-state index in [1.54, 1.807) is 42.5 Å². The van der Waals surface area contributed by atoms with Crippen LogP contribution in [-0.2, 0) is 11.4 Å². The highest BCUT2D eigenvalue weighted by molar-refractivity contribution is 6.09. The lowest BCUT2D eigenvalue weighted by Gasteiger charge is -2.12. The number of benzene rings is 3. The van der Waals surface area contributed by atoms with Crippen molar-refractivity contribution in [3.8, 4) is 17.6 Å². The zero-order chi connectivity index (χ0) is 23.8. The summed E-state index contributed by atoms with van der Waals surface area (Å²) in [7, 11) is 1.48. The summed E-state index contributed by atoms with van der Waals surface area (Å²) in [5.74, 6) is 0.358. The third kappa shape index (κ3) is 6.18. The fourth-order valence-electron chi connectivity index (χ4n) is 2.92. The number of carbonyl (C=O) groups is 1. The number of anilines is 1. The van der Waals surface area contributed by atoms with Gasteiger partial charge in [0, 0.05) is 17.8 Å². The van der Waals surface area contributed by atoms with Crippen LogP contribution in [0.2, 0.25) is 0 Å². The number of carbonyl (C=O) groups excluding carboxylic acids is 1. The van der Waals surface area contributed by atoms with E-state index >= 15 is 0 Å². The van der Waals surface area contributed by atoms with E-state index in [1.165, 1.54) is 25.3 Å². The van der Waals surface area contributed by atoms with Gasteiger partial charge in [0.25, 0.3) is 11.6 Å². The zero-order valence-corrected chi connectivity index (χ0v) is 18.1. The Bertz CT molecular complexity index is 1230. The highest BCUT2D eigenvalue weighted by Crippen LogP contribution is 2.30. The largest absolute Gasteiger partial charge is 0.493 e. The summed E-state index contributed by atoms with van der Waals surface area (Å²) in [6, 6.07) is 20.3. The van der Waals surface area contributed by atoms with Crippen molar-refractivity contribution in [3.63, 3.8) is 0 Å². The highest BCUT2D eigenvalue weighted by atomic mass is 16.6. The molecule has 0 radical (unpaired) electrons. The van der Waals surface area contributed by atoms with Crippen molar-refractivity contribution in [3.05, 3.63) is 99.1 Å². The smallest absolute Gasteiger partial charge is 0.269 e. The number of methoxy groups -OCH3 is 1. The van der Waals surface area contributed by atoms with E-state index < -0.39 is 10.8 Å². The summed E-state index contributed by atoms with van der Waals surface area (Å²) >= 11 is 0. The quantitative estimate of drug-likeness (QED) is 0.226. The Labute approximate surface area is 190 Å². The second-order valence-electron chi connectivity index (χ2n) is 7.11. The molecule has 33 heavy (non-hydrogen) atoms. The molecular weight excluding hydrogens is 422 g/mol. The molecule has 0 unspecified atom stereocenters. The van der Waals surface area contributed by atoms with Crippen molar-refractivity contribution >= 4 is 23.4 Å². The normalized spacial score (nSPS) is 10.8. The summed E-state index contributed by atoms with van der Waals surface area (Å²) in [5, 5.41) is 22.9. The van der Waals surface area contributed by atoms with Crippen LogP contribution in [0.4, 0.5) is 11.4 Å². The monoisotopic (exact) mass is 443 g/mol. The second-order valence-corrected chi connectivity index (χ2v) is 7.11. The van der Waals surface area contributed by atoms with Gasteiger partial charge in [0.2, 0.25) is 0 Å². The minimum absolute atomic E-state index is 0.00665. The SMILES string of the molecule is COc1cc(/C=C(/C#N)C(=O)Nc2ccc(C)cc2)ccc1OCc1ccc([N+](=O)[O-])cc1. The van der Waals surface area contributed by atoms with Crippen LogP contribution in [0.15, 0.2) is 72.3 Å². The molecule has 0 saturated heterocycles. The number of nitrogens with one attached hydrogen (secondary N) is 1. The summed E-state index contributed by atoms with van der Waals surface area (Å²) in [5.41, 5.74) is 2.95. The maximum absolute atomic E-state index is 12.5. The molecule has 0 heterocycles. The molecule has 0 fully saturated rings. The lowest BCUT2D eigenvalue weighted by molar-refractivity contribution is -0.384. The first-order valence-corrected chi connectivity index (χ1v) is 9.93. The molecule has 0 aliphatic rings. The molecule has 0 bridgehead atoms. The first-order valence-electron chi connectivity index (χ1n) is 9.93. The van der Waals surface area contributed by atoms with Crippen LogP contribution in [0.1, 0.15) is 16.7 Å². The average Bonchev–Trinajstić information content (AvgIpc) is 2.83. The molecule has 1 N–H and O–H groups in total. The van der Waals surface area contributed by atoms with E-state index in [2.05, 4.69) is 5.32 Å². The Kier molecular flexibility index (Phi) is 7.39. The number of nitro benzene ring substituents is 1. The lowest BCUT2D eigenvalue weighted by Crippen LogP contribution is -2.13. The van der Waals surface area contributed by atoms with Crippen molar-refractivity contribution in [2.45, 2.75) is 13.5 Å². The van der Waals surface area contributed by atoms with E-state index in [-0.39, 0.29) is 17.9 Å². The Balaban J connectivity index is 1.72. The molecule has 1 amide bonds. The van der Waals surface area contributed by atoms with Gasteiger partial charge in [0.1, 0.15) is 18.2 Å². The molecule has 0 aromatic heterocycles. The van der Waals surface area contributed by atoms with Crippen LogP contribution in [0.3, 0.4) is 0 Å². The van der Waals surface area contributed by atoms with Gasteiger partial charge >= 0.3 is 0 Å². The number of non-ortho nitro benzene ring substituents is 1. The van der Waals surface area contributed by atoms with Gasteiger partial charge in [0.15, 0.2) is 11.5 Å². The van der Waals surface area contributed by atoms with Gasteiger partial charge < -0.3 is 14.8 Å². The number of amides is 1. The predicted octanol–water partition coefficient (Wildman–Crippen LogP) is 5.04. The van der Waals surface area contributed by atoms with Gasteiger partial charge in [-0.2, -0.15) is 5.26 Å². The first kappa shape index (κ1) is 23.0. The summed E-state index contributed by atoms with van der Waals surface area (Å²) in [6.45, 7) is 2.13. The van der Waals surface area contributed by atoms with Crippen LogP contribution >= 0.6 is 0 Å². The molecule has 0 saturated carbocycles. The van der Waals surface area contributed by atoms with Crippen molar-refractivity contribution in [2.75, 3.05) is 12.4 Å². The molecule has 0 aliphatic heterocycles. The number of aryl methyl sites for hydroxylation is 1. The standard InChI is InChI=1S/C25H21N3O5/c1-17-3-8-21(9-4-17)27-25(29)20(15-26)13-19-7-12-23(24(14-19)32-2)33-16-18-5-10-22(11-6-18)28(30)31/h3-14H,16H2,1-2H3,(H,27,29)/b20-13-. The molecule has 8 heteroatoms. The van der Waals surface area contributed by atoms with Crippen LogP contribution < -0.4 is 14.8 Å². The van der Waals surface area contributed by atoms with Gasteiger partial charge in [-0.1, -0.05) is 23.8 Å². The second kappa shape index (κ2) is 10.6. The molecule has 0 aliphatic carbocycles. The first-order chi connectivity index (χ1) is 15.9. The van der Waals surface area contributed by atoms with Gasteiger partial charge in [-0.3, -0.25) is 14.9 Å². The number of hydrogen-bond acceptors (Lipinski definition) is 6. The van der Waals surface area contributed by atoms with E-state index in [0.717, 1.165) is 11.1 Å². The van der Waals surface area contributed by atoms with E-state index in [1.807, 2.05) is 25.1 Å². The van der Waals surface area contributed by atoms with Gasteiger partial charge in [0.05, 0.1) is 12.0 Å². The molecule has 3 aromatic carbocycles. The lowest BCUT2D eigenvalue weighted by atomic mass is 10.1. The van der Waals surface area contributed by atoms with Gasteiger partial charge in [-0.05, 0) is 60.5 Å². The number of nitrogens with zero attached hydrogens (tertiary/aromatic N) is 2. The Hall–Kier alpha value is -4.64. The minimum Gasteiger partial charge on any atom is -0.493 e. The fraction of sp³-hybridized carbons (Fsp3) is 0.120. The highest BCUT2D eigenvalue weighted by Gasteiger charge is 2.12. The number of ether oxygens (including phenoxy) is 2. The van der Waals surface area contributed by atoms with E-state index in [4.69, 9.17) is 9.47 Å². The molecule has 3 aromatic rings. The van der Waals surface area contributed by atoms with Crippen molar-refractivity contribution in [1.29, 1.82) is 5.26 Å². The molecular formula is C25H21N3O5. The van der Waals surface area contributed by atoms with Crippen molar-refractivity contribution in [2.24, 2.45) is 0 Å². The fourth-order valence-corrected chi connectivity index (χ4v) is 2.92. The average molecular weight is 443 g/mol. The van der Waals surface area contributed by atoms with Crippen LogP contribution in [0.5, 0.6) is 11.5 Å². The number of rotatable bonds is 8. The van der Waals surface area contributed by atoms with Crippen LogP contribution in [0, 0.1) is 28.4 Å². The Morgan fingerprint density at radius 2 is 1.79 bits per heavy atom. The number of nitro groups is 1. The third-order valence-corrected chi connectivity index (χ3v) is 4.71. The van der Waals surface area contributed by atoms with E-state index in [9.17, 15) is 20.2 Å². The molecule has 166 valence electrons. The third-order valence-electron chi connectivity index (χ3n) is 4.71. The topological polar surface area (TPSA) is 114 Å². The minimum atomic E-state index is -0.515.